The van der Waals surface area contributed by atoms with E-state index in [9.17, 15) is 5.26 Å². The Hall–Kier alpha value is -2.89. The van der Waals surface area contributed by atoms with E-state index in [2.05, 4.69) is 26.2 Å². The highest BCUT2D eigenvalue weighted by molar-refractivity contribution is 6.43. The Bertz CT molecular complexity index is 1400. The molecule has 3 N–H and O–H groups in total. The lowest BCUT2D eigenvalue weighted by molar-refractivity contribution is 0.340. The van der Waals surface area contributed by atoms with Gasteiger partial charge in [-0.1, -0.05) is 59.1 Å². The highest BCUT2D eigenvalue weighted by atomic mass is 35.5. The molecule has 2 aromatic heterocycles. The van der Waals surface area contributed by atoms with Crippen LogP contribution in [0.15, 0.2) is 42.5 Å². The number of aromatic amines is 1. The van der Waals surface area contributed by atoms with Gasteiger partial charge >= 0.3 is 0 Å². The average molecular weight is 499 g/mol. The molecule has 5 rings (SSSR count). The number of benzene rings is 2. The van der Waals surface area contributed by atoms with E-state index in [-0.39, 0.29) is 5.69 Å². The van der Waals surface area contributed by atoms with Crippen molar-refractivity contribution in [2.75, 3.05) is 18.0 Å². The second-order valence-corrected chi connectivity index (χ2v) is 9.26. The first-order chi connectivity index (χ1) is 15.9. The van der Waals surface area contributed by atoms with Crippen LogP contribution in [0.5, 0.6) is 0 Å². The predicted octanol–water partition coefficient (Wildman–Crippen LogP) is 5.31. The van der Waals surface area contributed by atoms with Gasteiger partial charge in [0.25, 0.3) is 0 Å². The Morgan fingerprint density at radius 3 is 2.55 bits per heavy atom. The zero-order chi connectivity index (χ0) is 23.2. The summed E-state index contributed by atoms with van der Waals surface area (Å²) in [6.07, 6.45) is 1.39. The lowest BCUT2D eigenvalue weighted by Gasteiger charge is -2.39. The largest absolute Gasteiger partial charge is 0.341 e. The van der Waals surface area contributed by atoms with Crippen molar-refractivity contribution >= 4 is 51.8 Å². The molecule has 2 aromatic carbocycles. The molecule has 1 fully saturated rings. The average Bonchev–Trinajstić information content (AvgIpc) is 3.25. The van der Waals surface area contributed by atoms with Crippen LogP contribution >= 0.6 is 34.8 Å². The van der Waals surface area contributed by atoms with Crippen LogP contribution in [-0.2, 0) is 5.54 Å². The third-order valence-electron chi connectivity index (χ3n) is 6.07. The van der Waals surface area contributed by atoms with E-state index < -0.39 is 5.54 Å². The van der Waals surface area contributed by atoms with Gasteiger partial charge in [-0.05, 0) is 36.6 Å². The molecule has 4 aromatic rings. The van der Waals surface area contributed by atoms with Crippen LogP contribution in [0, 0.1) is 11.3 Å². The summed E-state index contributed by atoms with van der Waals surface area (Å²) < 4.78 is 0. The van der Waals surface area contributed by atoms with E-state index in [0.29, 0.717) is 69.2 Å². The topological polar surface area (TPSA) is 108 Å². The fourth-order valence-electron chi connectivity index (χ4n) is 4.22. The Balaban J connectivity index is 1.47. The van der Waals surface area contributed by atoms with Crippen LogP contribution in [0.1, 0.15) is 24.1 Å². The highest BCUT2D eigenvalue weighted by Crippen LogP contribution is 2.37. The minimum Gasteiger partial charge on any atom is -0.341 e. The quantitative estimate of drug-likeness (QED) is 0.396. The number of aromatic nitrogens is 4. The van der Waals surface area contributed by atoms with Crippen LogP contribution in [-0.4, -0.2) is 33.3 Å². The molecule has 0 spiro atoms. The highest BCUT2D eigenvalue weighted by Gasteiger charge is 2.34. The molecule has 0 radical (unpaired) electrons. The van der Waals surface area contributed by atoms with E-state index in [4.69, 9.17) is 40.5 Å². The van der Waals surface area contributed by atoms with E-state index in [1.165, 1.54) is 0 Å². The molecule has 0 amide bonds. The van der Waals surface area contributed by atoms with Crippen molar-refractivity contribution < 1.29 is 0 Å². The molecule has 0 bridgehead atoms. The van der Waals surface area contributed by atoms with Crippen LogP contribution in [0.25, 0.3) is 22.3 Å². The zero-order valence-electron chi connectivity index (χ0n) is 17.3. The molecule has 10 heteroatoms. The standard InChI is InChI=1S/C23H18Cl3N7/c24-14-4-1-3-13(11-14)23(28)7-9-33(10-8-23)22-29-17(12-27)18-20(31-32-21(18)30-22)15-5-2-6-16(25)19(15)26/h1-6,11H,7-10,28H2,(H,29,30,31,32). The molecule has 1 saturated heterocycles. The van der Waals surface area contributed by atoms with Gasteiger partial charge in [0, 0.05) is 29.2 Å². The van der Waals surface area contributed by atoms with Crippen molar-refractivity contribution in [1.29, 1.82) is 5.26 Å². The van der Waals surface area contributed by atoms with Crippen molar-refractivity contribution in [1.82, 2.24) is 20.2 Å². The van der Waals surface area contributed by atoms with Crippen molar-refractivity contribution in [2.45, 2.75) is 18.4 Å². The lowest BCUT2D eigenvalue weighted by atomic mass is 9.82. The van der Waals surface area contributed by atoms with Gasteiger partial charge in [-0.15, -0.1) is 0 Å². The molecule has 7 nitrogen and oxygen atoms in total. The summed E-state index contributed by atoms with van der Waals surface area (Å²) in [5.41, 5.74) is 9.04. The number of hydrogen-bond acceptors (Lipinski definition) is 6. The second-order valence-electron chi connectivity index (χ2n) is 8.04. The third-order valence-corrected chi connectivity index (χ3v) is 7.12. The molecular weight excluding hydrogens is 481 g/mol. The monoisotopic (exact) mass is 497 g/mol. The maximum atomic E-state index is 9.84. The summed E-state index contributed by atoms with van der Waals surface area (Å²) in [6, 6.07) is 15.1. The van der Waals surface area contributed by atoms with Crippen LogP contribution < -0.4 is 10.6 Å². The number of anilines is 1. The Labute approximate surface area is 205 Å². The van der Waals surface area contributed by atoms with Crippen molar-refractivity contribution in [2.24, 2.45) is 5.73 Å². The molecular formula is C23H18Cl3N7. The maximum absolute atomic E-state index is 9.84. The first-order valence-electron chi connectivity index (χ1n) is 10.3. The molecule has 0 aliphatic carbocycles. The molecule has 1 aliphatic heterocycles. The van der Waals surface area contributed by atoms with Crippen LogP contribution in [0.3, 0.4) is 0 Å². The minimum atomic E-state index is -0.480. The first kappa shape index (κ1) is 21.9. The fraction of sp³-hybridized carbons (Fsp3) is 0.217. The molecule has 0 saturated carbocycles. The summed E-state index contributed by atoms with van der Waals surface area (Å²) in [5.74, 6) is 0.447. The molecule has 3 heterocycles. The van der Waals surface area contributed by atoms with Gasteiger partial charge in [0.2, 0.25) is 5.95 Å². The number of nitrogens with one attached hydrogen (secondary N) is 1. The van der Waals surface area contributed by atoms with E-state index in [0.717, 1.165) is 5.56 Å². The van der Waals surface area contributed by atoms with Gasteiger partial charge < -0.3 is 10.6 Å². The second kappa shape index (κ2) is 8.47. The lowest BCUT2D eigenvalue weighted by Crippen LogP contribution is -2.48. The molecule has 0 unspecified atom stereocenters. The number of H-pyrrole nitrogens is 1. The van der Waals surface area contributed by atoms with E-state index in [1.807, 2.05) is 29.2 Å². The maximum Gasteiger partial charge on any atom is 0.228 e. The first-order valence-corrected chi connectivity index (χ1v) is 11.4. The van der Waals surface area contributed by atoms with Gasteiger partial charge in [-0.25, -0.2) is 4.98 Å². The molecule has 166 valence electrons. The Kier molecular flexibility index (Phi) is 5.63. The van der Waals surface area contributed by atoms with Crippen molar-refractivity contribution in [3.8, 4) is 17.3 Å². The van der Waals surface area contributed by atoms with Crippen molar-refractivity contribution in [3.05, 3.63) is 68.8 Å². The van der Waals surface area contributed by atoms with Gasteiger partial charge in [-0.2, -0.15) is 15.3 Å². The number of nitriles is 1. The number of piperidine rings is 1. The summed E-state index contributed by atoms with van der Waals surface area (Å²) in [6.45, 7) is 1.27. The number of halogens is 3. The summed E-state index contributed by atoms with van der Waals surface area (Å²) >= 11 is 18.7. The molecule has 0 atom stereocenters. The fourth-order valence-corrected chi connectivity index (χ4v) is 4.81. The number of nitrogens with zero attached hydrogens (tertiary/aromatic N) is 5. The normalized spacial score (nSPS) is 15.5. The van der Waals surface area contributed by atoms with Gasteiger partial charge in [0.05, 0.1) is 21.1 Å². The number of fused-ring (bicyclic) bond motifs is 1. The van der Waals surface area contributed by atoms with Crippen LogP contribution in [0.2, 0.25) is 15.1 Å². The predicted molar refractivity (Wildman–Crippen MR) is 131 cm³/mol. The van der Waals surface area contributed by atoms with E-state index >= 15 is 0 Å². The number of rotatable bonds is 3. The SMILES string of the molecule is N#Cc1nc(N2CCC(N)(c3cccc(Cl)c3)CC2)nc2n[nH]c(-c3cccc(Cl)c3Cl)c12. The molecule has 33 heavy (non-hydrogen) atoms. The number of hydrogen-bond donors (Lipinski definition) is 2. The third kappa shape index (κ3) is 3.90. The zero-order valence-corrected chi connectivity index (χ0v) is 19.6. The summed E-state index contributed by atoms with van der Waals surface area (Å²) in [7, 11) is 0. The van der Waals surface area contributed by atoms with Gasteiger partial charge in [0.1, 0.15) is 6.07 Å². The minimum absolute atomic E-state index is 0.217. The van der Waals surface area contributed by atoms with Gasteiger partial charge in [-0.3, -0.25) is 5.10 Å². The Morgan fingerprint density at radius 2 is 1.82 bits per heavy atom. The summed E-state index contributed by atoms with van der Waals surface area (Å²) in [5, 5.41) is 19.1. The smallest absolute Gasteiger partial charge is 0.228 e. The summed E-state index contributed by atoms with van der Waals surface area (Å²) in [4.78, 5) is 11.2. The Morgan fingerprint density at radius 1 is 1.06 bits per heavy atom. The van der Waals surface area contributed by atoms with E-state index in [1.54, 1.807) is 18.2 Å². The van der Waals surface area contributed by atoms with Crippen LogP contribution in [0.4, 0.5) is 5.95 Å². The number of nitrogens with two attached hydrogens (primary N) is 1. The van der Waals surface area contributed by atoms with Gasteiger partial charge in [0.15, 0.2) is 11.3 Å². The molecule has 1 aliphatic rings. The van der Waals surface area contributed by atoms with Crippen molar-refractivity contribution in [3.63, 3.8) is 0 Å².